The van der Waals surface area contributed by atoms with Gasteiger partial charge in [0.05, 0.1) is 25.4 Å². The number of carbonyl (C=O) groups is 1. The van der Waals surface area contributed by atoms with E-state index < -0.39 is 17.6 Å². The van der Waals surface area contributed by atoms with Crippen molar-refractivity contribution in [3.63, 3.8) is 0 Å². The van der Waals surface area contributed by atoms with Gasteiger partial charge in [0.15, 0.2) is 0 Å². The lowest BCUT2D eigenvalue weighted by atomic mass is 9.44. The summed E-state index contributed by atoms with van der Waals surface area (Å²) in [5, 5.41) is 41.9. The molecule has 2 aliphatic carbocycles. The van der Waals surface area contributed by atoms with Crippen LogP contribution in [-0.2, 0) is 9.53 Å². The predicted molar refractivity (Wildman–Crippen MR) is 95.0 cm³/mol. The lowest BCUT2D eigenvalue weighted by Crippen LogP contribution is -2.66. The van der Waals surface area contributed by atoms with Gasteiger partial charge in [-0.05, 0) is 54.1 Å². The molecular formula is C20H30O6. The van der Waals surface area contributed by atoms with Gasteiger partial charge < -0.3 is 25.2 Å². The molecule has 6 heteroatoms. The summed E-state index contributed by atoms with van der Waals surface area (Å²) < 4.78 is 4.98. The van der Waals surface area contributed by atoms with Gasteiger partial charge in [-0.2, -0.15) is 0 Å². The van der Waals surface area contributed by atoms with Gasteiger partial charge in [0, 0.05) is 11.5 Å². The number of rotatable bonds is 5. The minimum atomic E-state index is -1.12. The third-order valence-electron chi connectivity index (χ3n) is 7.40. The minimum absolute atomic E-state index is 0.0702. The van der Waals surface area contributed by atoms with Gasteiger partial charge in [0.25, 0.3) is 0 Å². The number of aliphatic hydroxyl groups is 4. The lowest BCUT2D eigenvalue weighted by molar-refractivity contribution is -0.209. The van der Waals surface area contributed by atoms with E-state index in [1.54, 1.807) is 0 Å². The molecule has 0 aromatic rings. The van der Waals surface area contributed by atoms with Crippen molar-refractivity contribution in [1.29, 1.82) is 0 Å². The van der Waals surface area contributed by atoms with Crippen molar-refractivity contribution >= 4 is 5.97 Å². The number of hydrogen-bond acceptors (Lipinski definition) is 6. The molecule has 26 heavy (non-hydrogen) atoms. The zero-order valence-corrected chi connectivity index (χ0v) is 15.5. The molecule has 0 bridgehead atoms. The Morgan fingerprint density at radius 3 is 2.62 bits per heavy atom. The second kappa shape index (κ2) is 7.08. The summed E-state index contributed by atoms with van der Waals surface area (Å²) in [4.78, 5) is 11.3. The van der Waals surface area contributed by atoms with Crippen LogP contribution in [0.1, 0.15) is 39.5 Å². The van der Waals surface area contributed by atoms with Crippen LogP contribution < -0.4 is 0 Å². The molecule has 3 rings (SSSR count). The fraction of sp³-hybridized carbons (Fsp3) is 0.750. The first-order chi connectivity index (χ1) is 12.3. The quantitative estimate of drug-likeness (QED) is 0.426. The van der Waals surface area contributed by atoms with Gasteiger partial charge in [0.1, 0.15) is 6.61 Å². The number of carbonyl (C=O) groups excluding carboxylic acids is 1. The van der Waals surface area contributed by atoms with E-state index in [4.69, 9.17) is 4.74 Å². The van der Waals surface area contributed by atoms with E-state index >= 15 is 0 Å². The molecule has 1 aliphatic heterocycles. The average molecular weight is 366 g/mol. The fourth-order valence-corrected chi connectivity index (χ4v) is 5.60. The molecule has 6 nitrogen and oxygen atoms in total. The average Bonchev–Trinajstić information content (AvgIpc) is 3.07. The molecular weight excluding hydrogens is 336 g/mol. The molecule has 6 atom stereocenters. The van der Waals surface area contributed by atoms with Gasteiger partial charge in [-0.15, -0.1) is 0 Å². The Kier molecular flexibility index (Phi) is 5.32. The molecule has 3 aliphatic rings. The number of allylic oxidation sites excluding steroid dienone is 1. The van der Waals surface area contributed by atoms with E-state index in [2.05, 4.69) is 6.92 Å². The maximum Gasteiger partial charge on any atom is 0.331 e. The number of esters is 1. The van der Waals surface area contributed by atoms with E-state index in [1.807, 2.05) is 13.0 Å². The van der Waals surface area contributed by atoms with E-state index in [9.17, 15) is 25.2 Å². The SMILES string of the molecule is C[C@@H]1[C@@H](O)[C@H](O)[C@@]2(CO)C(CO)=CCC[C@@H]2[C@]1(C)CCC1=CC(=O)OC1. The summed E-state index contributed by atoms with van der Waals surface area (Å²) in [7, 11) is 0. The molecule has 1 saturated carbocycles. The Morgan fingerprint density at radius 1 is 1.31 bits per heavy atom. The Morgan fingerprint density at radius 2 is 2.04 bits per heavy atom. The predicted octanol–water partition coefficient (Wildman–Crippen LogP) is 0.935. The Labute approximate surface area is 154 Å². The smallest absolute Gasteiger partial charge is 0.331 e. The molecule has 146 valence electrons. The molecule has 0 spiro atoms. The highest BCUT2D eigenvalue weighted by Gasteiger charge is 2.63. The Balaban J connectivity index is 1.97. The van der Waals surface area contributed by atoms with Gasteiger partial charge in [-0.3, -0.25) is 0 Å². The molecule has 1 heterocycles. The highest BCUT2D eigenvalue weighted by atomic mass is 16.5. The minimum Gasteiger partial charge on any atom is -0.458 e. The number of ether oxygens (including phenoxy) is 1. The summed E-state index contributed by atoms with van der Waals surface area (Å²) in [6.45, 7) is 3.80. The molecule has 0 aromatic heterocycles. The number of fused-ring (bicyclic) bond motifs is 1. The van der Waals surface area contributed by atoms with Crippen molar-refractivity contribution in [2.75, 3.05) is 19.8 Å². The standard InChI is InChI=1S/C20H30O6/c1-12-17(24)18(25)20(11-22)14(9-21)4-3-5-15(20)19(12,2)7-6-13-8-16(23)26-10-13/h4,8,12,15,17-18,21-22,24-25H,3,5-7,9-11H2,1-2H3/t12-,15-,17-,18+,19-,20+/m1/s1. The van der Waals surface area contributed by atoms with Gasteiger partial charge in [-0.1, -0.05) is 19.9 Å². The normalized spacial score (nSPS) is 42.8. The van der Waals surface area contributed by atoms with Crippen LogP contribution >= 0.6 is 0 Å². The second-order valence-corrected chi connectivity index (χ2v) is 8.36. The van der Waals surface area contributed by atoms with E-state index in [0.29, 0.717) is 25.0 Å². The molecule has 1 fully saturated rings. The van der Waals surface area contributed by atoms with Crippen molar-refractivity contribution in [2.24, 2.45) is 22.7 Å². The van der Waals surface area contributed by atoms with Crippen molar-refractivity contribution in [1.82, 2.24) is 0 Å². The summed E-state index contributed by atoms with van der Waals surface area (Å²) in [6.07, 6.45) is 4.26. The third kappa shape index (κ3) is 2.74. The molecule has 0 saturated heterocycles. The van der Waals surface area contributed by atoms with Crippen LogP contribution in [0.5, 0.6) is 0 Å². The molecule has 0 amide bonds. The zero-order chi connectivity index (χ0) is 19.1. The Hall–Kier alpha value is -1.21. The first kappa shape index (κ1) is 19.5. The Bertz CT molecular complexity index is 626. The van der Waals surface area contributed by atoms with Crippen LogP contribution in [0.2, 0.25) is 0 Å². The topological polar surface area (TPSA) is 107 Å². The molecule has 0 radical (unpaired) electrons. The van der Waals surface area contributed by atoms with Crippen LogP contribution in [0, 0.1) is 22.7 Å². The van der Waals surface area contributed by atoms with E-state index in [-0.39, 0.29) is 36.4 Å². The maximum atomic E-state index is 11.3. The number of aliphatic hydroxyl groups excluding tert-OH is 4. The summed E-state index contributed by atoms with van der Waals surface area (Å²) in [5.41, 5.74) is 0.180. The summed E-state index contributed by atoms with van der Waals surface area (Å²) in [5.74, 6) is -0.566. The van der Waals surface area contributed by atoms with Crippen LogP contribution in [-0.4, -0.2) is 58.4 Å². The van der Waals surface area contributed by atoms with Crippen LogP contribution in [0.15, 0.2) is 23.3 Å². The van der Waals surface area contributed by atoms with Gasteiger partial charge in [-0.25, -0.2) is 4.79 Å². The monoisotopic (exact) mass is 366 g/mol. The lowest BCUT2D eigenvalue weighted by Gasteiger charge is -2.62. The third-order valence-corrected chi connectivity index (χ3v) is 7.40. The van der Waals surface area contributed by atoms with Gasteiger partial charge in [0.2, 0.25) is 0 Å². The van der Waals surface area contributed by atoms with E-state index in [0.717, 1.165) is 18.4 Å². The highest BCUT2D eigenvalue weighted by Crippen LogP contribution is 2.62. The van der Waals surface area contributed by atoms with Crippen molar-refractivity contribution < 1.29 is 30.0 Å². The summed E-state index contributed by atoms with van der Waals surface area (Å²) >= 11 is 0. The highest BCUT2D eigenvalue weighted by molar-refractivity contribution is 5.85. The second-order valence-electron chi connectivity index (χ2n) is 8.36. The molecule has 0 aromatic carbocycles. The first-order valence-corrected chi connectivity index (χ1v) is 9.44. The van der Waals surface area contributed by atoms with Crippen LogP contribution in [0.25, 0.3) is 0 Å². The maximum absolute atomic E-state index is 11.3. The number of hydrogen-bond donors (Lipinski definition) is 4. The van der Waals surface area contributed by atoms with Crippen LogP contribution in [0.4, 0.5) is 0 Å². The van der Waals surface area contributed by atoms with Gasteiger partial charge >= 0.3 is 5.97 Å². The molecule has 0 unspecified atom stereocenters. The summed E-state index contributed by atoms with van der Waals surface area (Å²) in [6, 6.07) is 0. The zero-order valence-electron chi connectivity index (χ0n) is 15.5. The van der Waals surface area contributed by atoms with Crippen molar-refractivity contribution in [3.8, 4) is 0 Å². The first-order valence-electron chi connectivity index (χ1n) is 9.44. The fourth-order valence-electron chi connectivity index (χ4n) is 5.60. The van der Waals surface area contributed by atoms with Crippen molar-refractivity contribution in [3.05, 3.63) is 23.3 Å². The van der Waals surface area contributed by atoms with Crippen LogP contribution in [0.3, 0.4) is 0 Å². The molecule has 4 N–H and O–H groups in total. The largest absolute Gasteiger partial charge is 0.458 e. The van der Waals surface area contributed by atoms with Crippen molar-refractivity contribution in [2.45, 2.75) is 51.7 Å². The number of cyclic esters (lactones) is 1. The van der Waals surface area contributed by atoms with E-state index in [1.165, 1.54) is 6.08 Å².